The lowest BCUT2D eigenvalue weighted by molar-refractivity contribution is -0.141. The maximum Gasteiger partial charge on any atom is 0.304 e. The van der Waals surface area contributed by atoms with Crippen LogP contribution in [0.3, 0.4) is 0 Å². The number of aromatic nitrogens is 2. The second-order valence-corrected chi connectivity index (χ2v) is 12.4. The fraction of sp³-hybridized carbons (Fsp3) is 0.469. The monoisotopic (exact) mass is 572 g/mol. The number of carboxylic acids is 1. The van der Waals surface area contributed by atoms with Gasteiger partial charge in [-0.25, -0.2) is 9.97 Å². The SMILES string of the molecule is O=C(O)C[C@@H](CC1CCCC1)C(=O)N(c1nc(-c2ccccc2-c2ccc(N3CCCCC3=O)nc2)cs1)C1CC1. The number of anilines is 2. The van der Waals surface area contributed by atoms with E-state index >= 15 is 0 Å². The van der Waals surface area contributed by atoms with Gasteiger partial charge in [0.25, 0.3) is 0 Å². The van der Waals surface area contributed by atoms with Crippen LogP contribution in [0.25, 0.3) is 22.4 Å². The van der Waals surface area contributed by atoms with Gasteiger partial charge in [0, 0.05) is 47.6 Å². The molecule has 3 heterocycles. The standard InChI is InChI=1S/C32H36N4O4S/c37-29-11-5-6-16-35(29)28-15-12-22(19-33-28)25-9-3-4-10-26(25)27-20-41-32(34-27)36(24-13-14-24)31(40)23(18-30(38)39)17-21-7-1-2-8-21/h3-4,9-10,12,15,19-21,23-24H,1-2,5-8,11,13-14,16-18H2,(H,38,39)/t23-/m1/s1. The maximum atomic E-state index is 13.9. The zero-order valence-electron chi connectivity index (χ0n) is 23.2. The highest BCUT2D eigenvalue weighted by atomic mass is 32.1. The minimum Gasteiger partial charge on any atom is -0.481 e. The molecule has 2 aromatic heterocycles. The fourth-order valence-electron chi connectivity index (χ4n) is 6.30. The van der Waals surface area contributed by atoms with E-state index in [1.165, 1.54) is 11.3 Å². The number of hydrogen-bond acceptors (Lipinski definition) is 6. The lowest BCUT2D eigenvalue weighted by atomic mass is 9.90. The minimum atomic E-state index is -0.921. The molecule has 0 unspecified atom stereocenters. The molecule has 214 valence electrons. The van der Waals surface area contributed by atoms with Crippen LogP contribution >= 0.6 is 11.3 Å². The summed E-state index contributed by atoms with van der Waals surface area (Å²) in [6.45, 7) is 0.702. The Labute approximate surface area is 244 Å². The lowest BCUT2D eigenvalue weighted by Gasteiger charge is -2.26. The van der Waals surface area contributed by atoms with E-state index in [0.717, 1.165) is 73.8 Å². The molecule has 3 aromatic rings. The van der Waals surface area contributed by atoms with Crippen molar-refractivity contribution >= 4 is 40.1 Å². The highest BCUT2D eigenvalue weighted by Crippen LogP contribution is 2.40. The Morgan fingerprint density at radius 3 is 2.49 bits per heavy atom. The van der Waals surface area contributed by atoms with Crippen LogP contribution in [0, 0.1) is 11.8 Å². The van der Waals surface area contributed by atoms with Crippen LogP contribution in [-0.4, -0.2) is 45.4 Å². The number of carboxylic acid groups (broad SMARTS) is 1. The third-order valence-electron chi connectivity index (χ3n) is 8.57. The van der Waals surface area contributed by atoms with Crippen LogP contribution in [-0.2, 0) is 14.4 Å². The van der Waals surface area contributed by atoms with Crippen molar-refractivity contribution in [2.24, 2.45) is 11.8 Å². The zero-order valence-corrected chi connectivity index (χ0v) is 24.0. The molecule has 0 bridgehead atoms. The van der Waals surface area contributed by atoms with Gasteiger partial charge in [-0.3, -0.25) is 24.2 Å². The molecule has 1 N–H and O–H groups in total. The number of hydrogen-bond donors (Lipinski definition) is 1. The van der Waals surface area contributed by atoms with Crippen LogP contribution in [0.4, 0.5) is 10.9 Å². The van der Waals surface area contributed by atoms with Gasteiger partial charge in [-0.15, -0.1) is 11.3 Å². The number of carbonyl (C=O) groups is 3. The molecule has 41 heavy (non-hydrogen) atoms. The lowest BCUT2D eigenvalue weighted by Crippen LogP contribution is -2.39. The Kier molecular flexibility index (Phi) is 8.14. The first-order valence-corrected chi connectivity index (χ1v) is 15.7. The summed E-state index contributed by atoms with van der Waals surface area (Å²) < 4.78 is 0. The fourth-order valence-corrected chi connectivity index (χ4v) is 7.20. The van der Waals surface area contributed by atoms with E-state index in [1.54, 1.807) is 9.80 Å². The molecule has 2 saturated carbocycles. The predicted octanol–water partition coefficient (Wildman–Crippen LogP) is 6.56. The van der Waals surface area contributed by atoms with Gasteiger partial charge in [-0.1, -0.05) is 49.9 Å². The normalized spacial score (nSPS) is 18.4. The van der Waals surface area contributed by atoms with Crippen LogP contribution in [0.15, 0.2) is 48.0 Å². The van der Waals surface area contributed by atoms with E-state index in [-0.39, 0.29) is 24.3 Å². The quantitative estimate of drug-likeness (QED) is 0.295. The first-order chi connectivity index (χ1) is 20.0. The molecule has 1 aliphatic heterocycles. The number of aliphatic carboxylic acids is 1. The molecule has 3 fully saturated rings. The second-order valence-electron chi connectivity index (χ2n) is 11.6. The summed E-state index contributed by atoms with van der Waals surface area (Å²) in [6, 6.07) is 12.0. The number of thiazole rings is 1. The van der Waals surface area contributed by atoms with Gasteiger partial charge >= 0.3 is 5.97 Å². The van der Waals surface area contributed by atoms with Crippen molar-refractivity contribution in [3.8, 4) is 22.4 Å². The van der Waals surface area contributed by atoms with Gasteiger partial charge < -0.3 is 5.11 Å². The van der Waals surface area contributed by atoms with Crippen LogP contribution in [0.2, 0.25) is 0 Å². The molecule has 2 aliphatic carbocycles. The van der Waals surface area contributed by atoms with Crippen molar-refractivity contribution in [2.75, 3.05) is 16.3 Å². The predicted molar refractivity (Wildman–Crippen MR) is 160 cm³/mol. The summed E-state index contributed by atoms with van der Waals surface area (Å²) in [6.07, 6.45) is 11.1. The Hall–Kier alpha value is -3.59. The van der Waals surface area contributed by atoms with Gasteiger partial charge in [0.2, 0.25) is 11.8 Å². The molecule has 2 amide bonds. The highest BCUT2D eigenvalue weighted by Gasteiger charge is 2.40. The molecule has 3 aliphatic rings. The minimum absolute atomic E-state index is 0.0888. The van der Waals surface area contributed by atoms with E-state index in [9.17, 15) is 19.5 Å². The first-order valence-electron chi connectivity index (χ1n) is 14.8. The summed E-state index contributed by atoms with van der Waals surface area (Å²) in [5.74, 6) is -0.309. The third kappa shape index (κ3) is 6.20. The first kappa shape index (κ1) is 27.6. The van der Waals surface area contributed by atoms with Crippen molar-refractivity contribution in [3.63, 3.8) is 0 Å². The Morgan fingerprint density at radius 2 is 1.80 bits per heavy atom. The molecule has 0 spiro atoms. The summed E-state index contributed by atoms with van der Waals surface area (Å²) in [4.78, 5) is 51.1. The number of piperidine rings is 1. The van der Waals surface area contributed by atoms with E-state index in [4.69, 9.17) is 4.98 Å². The van der Waals surface area contributed by atoms with Gasteiger partial charge in [0.05, 0.1) is 12.1 Å². The van der Waals surface area contributed by atoms with Crippen molar-refractivity contribution < 1.29 is 19.5 Å². The van der Waals surface area contributed by atoms with Gasteiger partial charge in [-0.2, -0.15) is 0 Å². The number of benzene rings is 1. The molecule has 1 atom stereocenters. The number of nitrogens with zero attached hydrogens (tertiary/aromatic N) is 4. The summed E-state index contributed by atoms with van der Waals surface area (Å²) >= 11 is 1.44. The zero-order chi connectivity index (χ0) is 28.3. The van der Waals surface area contributed by atoms with E-state index in [2.05, 4.69) is 4.98 Å². The van der Waals surface area contributed by atoms with Crippen molar-refractivity contribution in [1.82, 2.24) is 9.97 Å². The number of carbonyl (C=O) groups excluding carboxylic acids is 2. The Bertz CT molecular complexity index is 1410. The largest absolute Gasteiger partial charge is 0.481 e. The van der Waals surface area contributed by atoms with Crippen molar-refractivity contribution in [2.45, 2.75) is 76.7 Å². The van der Waals surface area contributed by atoms with E-state index in [1.807, 2.05) is 48.0 Å². The van der Waals surface area contributed by atoms with E-state index < -0.39 is 11.9 Å². The third-order valence-corrected chi connectivity index (χ3v) is 9.41. The molecule has 8 nitrogen and oxygen atoms in total. The van der Waals surface area contributed by atoms with Gasteiger partial charge in [-0.05, 0) is 55.7 Å². The molecule has 0 radical (unpaired) electrons. The topological polar surface area (TPSA) is 104 Å². The summed E-state index contributed by atoms with van der Waals surface area (Å²) in [5.41, 5.74) is 3.62. The smallest absolute Gasteiger partial charge is 0.304 e. The number of pyridine rings is 1. The molecule has 1 aromatic carbocycles. The van der Waals surface area contributed by atoms with Crippen molar-refractivity contribution in [3.05, 3.63) is 48.0 Å². The molecular weight excluding hydrogens is 536 g/mol. The maximum absolute atomic E-state index is 13.9. The number of amides is 2. The average molecular weight is 573 g/mol. The summed E-state index contributed by atoms with van der Waals surface area (Å²) in [7, 11) is 0. The Balaban J connectivity index is 1.25. The van der Waals surface area contributed by atoms with Crippen molar-refractivity contribution in [1.29, 1.82) is 0 Å². The molecule has 1 saturated heterocycles. The number of rotatable bonds is 10. The Morgan fingerprint density at radius 1 is 1.02 bits per heavy atom. The average Bonchev–Trinajstić information content (AvgIpc) is 3.45. The second kappa shape index (κ2) is 12.1. The summed E-state index contributed by atoms with van der Waals surface area (Å²) in [5, 5.41) is 12.2. The molecule has 9 heteroatoms. The van der Waals surface area contributed by atoms with Crippen LogP contribution < -0.4 is 9.80 Å². The van der Waals surface area contributed by atoms with Crippen LogP contribution in [0.5, 0.6) is 0 Å². The van der Waals surface area contributed by atoms with Gasteiger partial charge in [0.1, 0.15) is 5.82 Å². The van der Waals surface area contributed by atoms with Gasteiger partial charge in [0.15, 0.2) is 5.13 Å². The molecule has 6 rings (SSSR count). The highest BCUT2D eigenvalue weighted by molar-refractivity contribution is 7.14. The van der Waals surface area contributed by atoms with E-state index in [0.29, 0.717) is 36.3 Å². The molecular formula is C32H36N4O4S. The van der Waals surface area contributed by atoms with Crippen LogP contribution in [0.1, 0.15) is 70.6 Å².